The van der Waals surface area contributed by atoms with E-state index in [1.165, 1.54) is 0 Å². The third-order valence-corrected chi connectivity index (χ3v) is 4.97. The molecule has 3 heterocycles. The van der Waals surface area contributed by atoms with Crippen molar-refractivity contribution in [3.63, 3.8) is 0 Å². The monoisotopic (exact) mass is 371 g/mol. The molecule has 0 fully saturated rings. The number of aromatic nitrogens is 5. The molecule has 5 nitrogen and oxygen atoms in total. The van der Waals surface area contributed by atoms with Gasteiger partial charge in [0.05, 0.1) is 5.52 Å². The number of imidazole rings is 1. The Labute approximate surface area is 152 Å². The lowest BCUT2D eigenvalue weighted by atomic mass is 10.1. The number of aryl methyl sites for hydroxylation is 4. The summed E-state index contributed by atoms with van der Waals surface area (Å²) >= 11 is 1.54. The van der Waals surface area contributed by atoms with E-state index in [0.29, 0.717) is 35.3 Å². The number of benzene rings is 1. The van der Waals surface area contributed by atoms with Crippen molar-refractivity contribution in [2.45, 2.75) is 19.8 Å². The molecule has 0 aliphatic rings. The number of hydrogen-bond acceptors (Lipinski definition) is 5. The average Bonchev–Trinajstić information content (AvgIpc) is 3.24. The van der Waals surface area contributed by atoms with Crippen molar-refractivity contribution in [3.8, 4) is 10.7 Å². The molecule has 8 heteroatoms. The maximum atomic E-state index is 13.5. The summed E-state index contributed by atoms with van der Waals surface area (Å²) in [6, 6.07) is 2.26. The topological polar surface area (TPSA) is 56.5 Å². The minimum atomic E-state index is -0.904. The summed E-state index contributed by atoms with van der Waals surface area (Å²) in [5.74, 6) is -0.319. The van der Waals surface area contributed by atoms with Gasteiger partial charge in [0, 0.05) is 54.8 Å². The third kappa shape index (κ3) is 3.08. The number of hydrogen-bond donors (Lipinski definition) is 0. The van der Waals surface area contributed by atoms with Crippen LogP contribution in [-0.4, -0.2) is 24.5 Å². The highest BCUT2D eigenvalue weighted by Gasteiger charge is 2.13. The molecule has 132 valence electrons. The van der Waals surface area contributed by atoms with Crippen LogP contribution in [0.5, 0.6) is 0 Å². The van der Waals surface area contributed by atoms with Crippen molar-refractivity contribution in [1.29, 1.82) is 0 Å². The maximum Gasteiger partial charge on any atom is 0.161 e. The van der Waals surface area contributed by atoms with Crippen LogP contribution in [0.4, 0.5) is 8.78 Å². The summed E-state index contributed by atoms with van der Waals surface area (Å²) in [6.45, 7) is 1.77. The van der Waals surface area contributed by atoms with Gasteiger partial charge in [-0.25, -0.2) is 28.7 Å². The normalized spacial score (nSPS) is 11.4. The summed E-state index contributed by atoms with van der Waals surface area (Å²) in [4.78, 5) is 17.7. The zero-order valence-corrected chi connectivity index (χ0v) is 15.0. The van der Waals surface area contributed by atoms with E-state index in [-0.39, 0.29) is 0 Å². The summed E-state index contributed by atoms with van der Waals surface area (Å²) in [5.41, 5.74) is 1.88. The third-order valence-electron chi connectivity index (χ3n) is 4.17. The second kappa shape index (κ2) is 6.53. The van der Waals surface area contributed by atoms with Crippen LogP contribution in [0.3, 0.4) is 0 Å². The molecule has 0 amide bonds. The zero-order valence-electron chi connectivity index (χ0n) is 14.2. The fourth-order valence-corrected chi connectivity index (χ4v) is 3.45. The van der Waals surface area contributed by atoms with E-state index in [1.807, 2.05) is 23.2 Å². The largest absolute Gasteiger partial charge is 0.337 e. The molecule has 0 aliphatic carbocycles. The molecule has 4 rings (SSSR count). The Kier molecular flexibility index (Phi) is 4.20. The van der Waals surface area contributed by atoms with E-state index in [9.17, 15) is 8.78 Å². The molecule has 0 aliphatic heterocycles. The molecule has 1 aromatic carbocycles. The van der Waals surface area contributed by atoms with E-state index in [1.54, 1.807) is 24.5 Å². The molecule has 26 heavy (non-hydrogen) atoms. The van der Waals surface area contributed by atoms with E-state index in [0.717, 1.165) is 28.7 Å². The van der Waals surface area contributed by atoms with Crippen LogP contribution in [0.2, 0.25) is 0 Å². The average molecular weight is 371 g/mol. The van der Waals surface area contributed by atoms with Gasteiger partial charge in [0.25, 0.3) is 0 Å². The van der Waals surface area contributed by atoms with Crippen LogP contribution in [-0.2, 0) is 19.9 Å². The number of thiazole rings is 1. The zero-order chi connectivity index (χ0) is 18.3. The highest BCUT2D eigenvalue weighted by atomic mass is 32.1. The quantitative estimate of drug-likeness (QED) is 0.547. The maximum absolute atomic E-state index is 13.5. The summed E-state index contributed by atoms with van der Waals surface area (Å²) in [6.07, 6.45) is 4.88. The minimum absolute atomic E-state index is 0.412. The first-order valence-corrected chi connectivity index (χ1v) is 8.93. The predicted octanol–water partition coefficient (Wildman–Crippen LogP) is 3.86. The highest BCUT2D eigenvalue weighted by Crippen LogP contribution is 2.22. The molecular formula is C18H15F2N5S. The van der Waals surface area contributed by atoms with Gasteiger partial charge in [-0.2, -0.15) is 0 Å². The lowest BCUT2D eigenvalue weighted by Crippen LogP contribution is -2.05. The van der Waals surface area contributed by atoms with Crippen LogP contribution < -0.4 is 0 Å². The molecule has 0 saturated carbocycles. The number of fused-ring (bicyclic) bond motifs is 1. The van der Waals surface area contributed by atoms with Gasteiger partial charge in [-0.05, 0) is 13.0 Å². The molecule has 0 saturated heterocycles. The smallest absolute Gasteiger partial charge is 0.161 e. The Morgan fingerprint density at radius 3 is 2.65 bits per heavy atom. The van der Waals surface area contributed by atoms with Gasteiger partial charge >= 0.3 is 0 Å². The predicted molar refractivity (Wildman–Crippen MR) is 95.9 cm³/mol. The van der Waals surface area contributed by atoms with Crippen LogP contribution in [0.25, 0.3) is 21.6 Å². The van der Waals surface area contributed by atoms with Crippen LogP contribution in [0.15, 0.2) is 29.9 Å². The molecule has 0 unspecified atom stereocenters. The van der Waals surface area contributed by atoms with Crippen molar-refractivity contribution < 1.29 is 8.78 Å². The van der Waals surface area contributed by atoms with E-state index in [4.69, 9.17) is 0 Å². The minimum Gasteiger partial charge on any atom is -0.337 e. The van der Waals surface area contributed by atoms with Crippen molar-refractivity contribution >= 4 is 22.2 Å². The summed E-state index contributed by atoms with van der Waals surface area (Å²) < 4.78 is 28.9. The number of nitrogens with zero attached hydrogens (tertiary/aromatic N) is 5. The van der Waals surface area contributed by atoms with Crippen LogP contribution in [0.1, 0.15) is 17.3 Å². The SMILES string of the molecule is Cc1nc(CCc2nc(-c3nccs3)cn2C)nc2cc(F)c(F)cc12. The van der Waals surface area contributed by atoms with Crippen molar-refractivity contribution in [2.75, 3.05) is 0 Å². The van der Waals surface area contributed by atoms with Gasteiger partial charge in [0.2, 0.25) is 0 Å². The molecule has 4 aromatic rings. The second-order valence-electron chi connectivity index (χ2n) is 6.00. The standard InChI is InChI=1S/C18H15F2N5S/c1-10-11-7-12(19)13(20)8-14(11)23-16(22-10)3-4-17-24-15(9-25(17)2)18-21-5-6-26-18/h5-9H,3-4H2,1-2H3. The van der Waals surface area contributed by atoms with Crippen molar-refractivity contribution in [1.82, 2.24) is 24.5 Å². The first-order chi connectivity index (χ1) is 12.5. The van der Waals surface area contributed by atoms with Gasteiger partial charge < -0.3 is 4.57 Å². The van der Waals surface area contributed by atoms with E-state index in [2.05, 4.69) is 19.9 Å². The van der Waals surface area contributed by atoms with Gasteiger partial charge in [-0.3, -0.25) is 0 Å². The second-order valence-corrected chi connectivity index (χ2v) is 6.89. The molecular weight excluding hydrogens is 356 g/mol. The van der Waals surface area contributed by atoms with Crippen LogP contribution >= 0.6 is 11.3 Å². The van der Waals surface area contributed by atoms with E-state index < -0.39 is 11.6 Å². The van der Waals surface area contributed by atoms with Gasteiger partial charge in [0.1, 0.15) is 22.4 Å². The van der Waals surface area contributed by atoms with Gasteiger partial charge in [-0.1, -0.05) is 0 Å². The van der Waals surface area contributed by atoms with E-state index >= 15 is 0 Å². The molecule has 0 bridgehead atoms. The Hall–Kier alpha value is -2.74. The lowest BCUT2D eigenvalue weighted by molar-refractivity contribution is 0.510. The Balaban J connectivity index is 1.59. The first-order valence-electron chi connectivity index (χ1n) is 8.05. The molecule has 3 aromatic heterocycles. The summed E-state index contributed by atoms with van der Waals surface area (Å²) in [7, 11) is 1.93. The first kappa shape index (κ1) is 16.7. The molecule has 0 radical (unpaired) electrons. The fraction of sp³-hybridized carbons (Fsp3) is 0.222. The van der Waals surface area contributed by atoms with Crippen molar-refractivity contribution in [2.24, 2.45) is 7.05 Å². The lowest BCUT2D eigenvalue weighted by Gasteiger charge is -2.06. The molecule has 0 atom stereocenters. The molecule has 0 spiro atoms. The van der Waals surface area contributed by atoms with Crippen molar-refractivity contribution in [3.05, 3.63) is 58.9 Å². The Morgan fingerprint density at radius 2 is 1.88 bits per heavy atom. The fourth-order valence-electron chi connectivity index (χ4n) is 2.86. The number of rotatable bonds is 4. The summed E-state index contributed by atoms with van der Waals surface area (Å²) in [5, 5.41) is 3.31. The number of halogens is 2. The van der Waals surface area contributed by atoms with Gasteiger partial charge in [-0.15, -0.1) is 11.3 Å². The Bertz CT molecular complexity index is 1090. The molecule has 0 N–H and O–H groups in total. The highest BCUT2D eigenvalue weighted by molar-refractivity contribution is 7.13. The van der Waals surface area contributed by atoms with Gasteiger partial charge in [0.15, 0.2) is 11.6 Å². The van der Waals surface area contributed by atoms with Crippen LogP contribution in [0, 0.1) is 18.6 Å². The Morgan fingerprint density at radius 1 is 1.08 bits per heavy atom.